The zero-order valence-electron chi connectivity index (χ0n) is 12.1. The first-order chi connectivity index (χ1) is 10.3. The van der Waals surface area contributed by atoms with Crippen LogP contribution in [-0.2, 0) is 11.3 Å². The number of benzene rings is 2. The molecule has 0 unspecified atom stereocenters. The molecule has 0 radical (unpaired) electrons. The number of amides is 1. The van der Waals surface area contributed by atoms with Crippen molar-refractivity contribution in [3.63, 3.8) is 0 Å². The Morgan fingerprint density at radius 2 is 1.90 bits per heavy atom. The van der Waals surface area contributed by atoms with Crippen LogP contribution in [0.2, 0.25) is 0 Å². The SMILES string of the molecule is CCOc1cccc(CNCC(=O)Nc2ccccc2)c1. The van der Waals surface area contributed by atoms with Crippen molar-refractivity contribution in [1.82, 2.24) is 5.32 Å². The lowest BCUT2D eigenvalue weighted by Gasteiger charge is -2.08. The zero-order valence-corrected chi connectivity index (χ0v) is 12.1. The Bertz CT molecular complexity index is 570. The highest BCUT2D eigenvalue weighted by atomic mass is 16.5. The van der Waals surface area contributed by atoms with E-state index in [0.29, 0.717) is 13.2 Å². The second-order valence-electron chi connectivity index (χ2n) is 4.60. The predicted octanol–water partition coefficient (Wildman–Crippen LogP) is 2.81. The summed E-state index contributed by atoms with van der Waals surface area (Å²) < 4.78 is 5.45. The number of nitrogens with one attached hydrogen (secondary N) is 2. The molecule has 2 N–H and O–H groups in total. The molecular formula is C17H20N2O2. The Hall–Kier alpha value is -2.33. The van der Waals surface area contributed by atoms with Crippen LogP contribution in [-0.4, -0.2) is 19.1 Å². The maximum absolute atomic E-state index is 11.8. The highest BCUT2D eigenvalue weighted by Crippen LogP contribution is 2.12. The highest BCUT2D eigenvalue weighted by Gasteiger charge is 2.02. The number of para-hydroxylation sites is 1. The fourth-order valence-corrected chi connectivity index (χ4v) is 1.96. The van der Waals surface area contributed by atoms with E-state index < -0.39 is 0 Å². The molecule has 1 amide bonds. The van der Waals surface area contributed by atoms with E-state index in [2.05, 4.69) is 10.6 Å². The first kappa shape index (κ1) is 15.1. The van der Waals surface area contributed by atoms with Crippen LogP contribution in [0.5, 0.6) is 5.75 Å². The molecule has 0 bridgehead atoms. The van der Waals surface area contributed by atoms with Crippen LogP contribution >= 0.6 is 0 Å². The fourth-order valence-electron chi connectivity index (χ4n) is 1.96. The molecule has 0 spiro atoms. The van der Waals surface area contributed by atoms with Gasteiger partial charge in [0.1, 0.15) is 5.75 Å². The quantitative estimate of drug-likeness (QED) is 0.822. The summed E-state index contributed by atoms with van der Waals surface area (Å²) in [6.45, 7) is 3.51. The first-order valence-electron chi connectivity index (χ1n) is 7.05. The van der Waals surface area contributed by atoms with Gasteiger partial charge in [-0.05, 0) is 36.8 Å². The third kappa shape index (κ3) is 5.28. The Labute approximate surface area is 125 Å². The average Bonchev–Trinajstić information content (AvgIpc) is 2.49. The number of ether oxygens (including phenoxy) is 1. The summed E-state index contributed by atoms with van der Waals surface area (Å²) in [4.78, 5) is 11.8. The maximum Gasteiger partial charge on any atom is 0.238 e. The smallest absolute Gasteiger partial charge is 0.238 e. The summed E-state index contributed by atoms with van der Waals surface area (Å²) in [5.74, 6) is 0.799. The van der Waals surface area contributed by atoms with Crippen molar-refractivity contribution < 1.29 is 9.53 Å². The van der Waals surface area contributed by atoms with Gasteiger partial charge in [-0.2, -0.15) is 0 Å². The van der Waals surface area contributed by atoms with Gasteiger partial charge >= 0.3 is 0 Å². The normalized spacial score (nSPS) is 10.1. The molecule has 0 fully saturated rings. The fraction of sp³-hybridized carbons (Fsp3) is 0.235. The molecule has 0 aliphatic carbocycles. The Morgan fingerprint density at radius 1 is 1.10 bits per heavy atom. The van der Waals surface area contributed by atoms with Gasteiger partial charge in [-0.1, -0.05) is 30.3 Å². The van der Waals surface area contributed by atoms with Crippen molar-refractivity contribution in [3.8, 4) is 5.75 Å². The van der Waals surface area contributed by atoms with Crippen molar-refractivity contribution in [1.29, 1.82) is 0 Å². The van der Waals surface area contributed by atoms with Crippen LogP contribution in [0.25, 0.3) is 0 Å². The molecule has 0 saturated carbocycles. The second-order valence-corrected chi connectivity index (χ2v) is 4.60. The topological polar surface area (TPSA) is 50.4 Å². The van der Waals surface area contributed by atoms with Gasteiger partial charge in [0, 0.05) is 12.2 Å². The molecule has 0 saturated heterocycles. The van der Waals surface area contributed by atoms with Gasteiger partial charge in [0.05, 0.1) is 13.2 Å². The van der Waals surface area contributed by atoms with Gasteiger partial charge in [-0.15, -0.1) is 0 Å². The molecule has 0 heterocycles. The minimum atomic E-state index is -0.0536. The molecule has 21 heavy (non-hydrogen) atoms. The molecule has 2 aromatic rings. The molecule has 2 aromatic carbocycles. The lowest BCUT2D eigenvalue weighted by Crippen LogP contribution is -2.27. The largest absolute Gasteiger partial charge is 0.494 e. The third-order valence-electron chi connectivity index (χ3n) is 2.88. The maximum atomic E-state index is 11.8. The zero-order chi connectivity index (χ0) is 14.9. The van der Waals surface area contributed by atoms with E-state index in [9.17, 15) is 4.79 Å². The molecule has 2 rings (SSSR count). The van der Waals surface area contributed by atoms with Crippen LogP contribution in [0.1, 0.15) is 12.5 Å². The van der Waals surface area contributed by atoms with E-state index in [1.165, 1.54) is 0 Å². The van der Waals surface area contributed by atoms with Gasteiger partial charge < -0.3 is 15.4 Å². The van der Waals surface area contributed by atoms with Crippen LogP contribution in [0.4, 0.5) is 5.69 Å². The first-order valence-corrected chi connectivity index (χ1v) is 7.05. The number of carbonyl (C=O) groups is 1. The number of carbonyl (C=O) groups excluding carboxylic acids is 1. The summed E-state index contributed by atoms with van der Waals surface area (Å²) in [5, 5.41) is 5.96. The molecule has 0 aliphatic rings. The lowest BCUT2D eigenvalue weighted by atomic mass is 10.2. The molecule has 0 aliphatic heterocycles. The molecular weight excluding hydrogens is 264 g/mol. The lowest BCUT2D eigenvalue weighted by molar-refractivity contribution is -0.115. The molecule has 0 aromatic heterocycles. The number of hydrogen-bond donors (Lipinski definition) is 2. The monoisotopic (exact) mass is 284 g/mol. The minimum Gasteiger partial charge on any atom is -0.494 e. The predicted molar refractivity (Wildman–Crippen MR) is 84.4 cm³/mol. The number of hydrogen-bond acceptors (Lipinski definition) is 3. The summed E-state index contributed by atoms with van der Waals surface area (Å²) in [6, 6.07) is 17.3. The van der Waals surface area contributed by atoms with E-state index >= 15 is 0 Å². The third-order valence-corrected chi connectivity index (χ3v) is 2.88. The van der Waals surface area contributed by atoms with Gasteiger partial charge in [-0.3, -0.25) is 4.79 Å². The van der Waals surface area contributed by atoms with Gasteiger partial charge in [0.2, 0.25) is 5.91 Å². The Balaban J connectivity index is 1.76. The summed E-state index contributed by atoms with van der Waals surface area (Å²) >= 11 is 0. The van der Waals surface area contributed by atoms with Gasteiger partial charge in [-0.25, -0.2) is 0 Å². The summed E-state index contributed by atoms with van der Waals surface area (Å²) in [6.07, 6.45) is 0. The number of rotatable bonds is 7. The van der Waals surface area contributed by atoms with Gasteiger partial charge in [0.15, 0.2) is 0 Å². The standard InChI is InChI=1S/C17H20N2O2/c1-2-21-16-10-6-7-14(11-16)12-18-13-17(20)19-15-8-4-3-5-9-15/h3-11,18H,2,12-13H2,1H3,(H,19,20). The minimum absolute atomic E-state index is 0.0536. The molecule has 4 nitrogen and oxygen atoms in total. The van der Waals surface area contributed by atoms with E-state index in [4.69, 9.17) is 4.74 Å². The molecule has 4 heteroatoms. The van der Waals surface area contributed by atoms with Crippen molar-refractivity contribution in [2.75, 3.05) is 18.5 Å². The highest BCUT2D eigenvalue weighted by molar-refractivity contribution is 5.92. The van der Waals surface area contributed by atoms with E-state index in [-0.39, 0.29) is 12.5 Å². The van der Waals surface area contributed by atoms with E-state index in [1.54, 1.807) is 0 Å². The Morgan fingerprint density at radius 3 is 2.67 bits per heavy atom. The van der Waals surface area contributed by atoms with Crippen molar-refractivity contribution in [2.24, 2.45) is 0 Å². The van der Waals surface area contributed by atoms with Crippen LogP contribution in [0.15, 0.2) is 54.6 Å². The van der Waals surface area contributed by atoms with Crippen LogP contribution in [0.3, 0.4) is 0 Å². The second kappa shape index (κ2) is 8.07. The van der Waals surface area contributed by atoms with E-state index in [1.807, 2.05) is 61.5 Å². The molecule has 0 atom stereocenters. The number of anilines is 1. The van der Waals surface area contributed by atoms with Crippen LogP contribution < -0.4 is 15.4 Å². The van der Waals surface area contributed by atoms with Crippen molar-refractivity contribution in [3.05, 3.63) is 60.2 Å². The average molecular weight is 284 g/mol. The summed E-state index contributed by atoms with van der Waals surface area (Å²) in [7, 11) is 0. The van der Waals surface area contributed by atoms with Gasteiger partial charge in [0.25, 0.3) is 0 Å². The van der Waals surface area contributed by atoms with Crippen molar-refractivity contribution in [2.45, 2.75) is 13.5 Å². The Kier molecular flexibility index (Phi) is 5.79. The molecule has 110 valence electrons. The van der Waals surface area contributed by atoms with Crippen molar-refractivity contribution >= 4 is 11.6 Å². The van der Waals surface area contributed by atoms with E-state index in [0.717, 1.165) is 17.0 Å². The summed E-state index contributed by atoms with van der Waals surface area (Å²) in [5.41, 5.74) is 1.90. The van der Waals surface area contributed by atoms with Crippen LogP contribution in [0, 0.1) is 0 Å².